The molecule has 0 aromatic heterocycles. The van der Waals surface area contributed by atoms with Gasteiger partial charge >= 0.3 is 0 Å². The van der Waals surface area contributed by atoms with Crippen molar-refractivity contribution in [2.24, 2.45) is 0 Å². The Hall–Kier alpha value is -1.46. The van der Waals surface area contributed by atoms with E-state index in [0.29, 0.717) is 13.1 Å². The smallest absolute Gasteiger partial charge is 0.234 e. The first-order valence-corrected chi connectivity index (χ1v) is 5.94. The molecule has 4 nitrogen and oxygen atoms in total. The molecule has 0 aliphatic rings. The molecule has 1 aromatic rings. The zero-order chi connectivity index (χ0) is 13.4. The van der Waals surface area contributed by atoms with Gasteiger partial charge in [-0.2, -0.15) is 0 Å². The summed E-state index contributed by atoms with van der Waals surface area (Å²) >= 11 is 0. The molecule has 100 valence electrons. The number of benzene rings is 1. The summed E-state index contributed by atoms with van der Waals surface area (Å²) in [5.74, 6) is -0.279. The van der Waals surface area contributed by atoms with Crippen LogP contribution in [0.5, 0.6) is 0 Å². The van der Waals surface area contributed by atoms with E-state index >= 15 is 0 Å². The van der Waals surface area contributed by atoms with Crippen LogP contribution in [0.15, 0.2) is 24.3 Å². The Morgan fingerprint density at radius 1 is 1.28 bits per heavy atom. The van der Waals surface area contributed by atoms with Crippen molar-refractivity contribution in [1.29, 1.82) is 0 Å². The number of amides is 1. The summed E-state index contributed by atoms with van der Waals surface area (Å²) in [6.45, 7) is 2.29. The minimum absolute atomic E-state index is 0.0287. The lowest BCUT2D eigenvalue weighted by Crippen LogP contribution is -2.37. The van der Waals surface area contributed by atoms with Gasteiger partial charge in [0.1, 0.15) is 5.82 Å². The number of rotatable bonds is 7. The molecule has 1 aromatic carbocycles. The lowest BCUT2D eigenvalue weighted by atomic mass is 10.2. The number of carbonyl (C=O) groups excluding carboxylic acids is 1. The van der Waals surface area contributed by atoms with Crippen molar-refractivity contribution >= 4 is 5.91 Å². The zero-order valence-corrected chi connectivity index (χ0v) is 10.9. The third-order valence-electron chi connectivity index (χ3n) is 2.41. The highest BCUT2D eigenvalue weighted by atomic mass is 19.1. The highest BCUT2D eigenvalue weighted by Gasteiger charge is 2.00. The van der Waals surface area contributed by atoms with E-state index in [1.807, 2.05) is 19.0 Å². The summed E-state index contributed by atoms with van der Waals surface area (Å²) in [5.41, 5.74) is 0.956. The highest BCUT2D eigenvalue weighted by Crippen LogP contribution is 2.01. The Kier molecular flexibility index (Phi) is 6.32. The van der Waals surface area contributed by atoms with Gasteiger partial charge in [-0.3, -0.25) is 4.79 Å². The number of hydrogen-bond donors (Lipinski definition) is 2. The average Bonchev–Trinajstić information content (AvgIpc) is 2.31. The van der Waals surface area contributed by atoms with E-state index in [1.54, 1.807) is 12.1 Å². The molecule has 0 heterocycles. The minimum Gasteiger partial charge on any atom is -0.354 e. The van der Waals surface area contributed by atoms with Crippen LogP contribution in [0.2, 0.25) is 0 Å². The predicted octanol–water partition coefficient (Wildman–Crippen LogP) is 0.593. The molecule has 5 heteroatoms. The monoisotopic (exact) mass is 253 g/mol. The lowest BCUT2D eigenvalue weighted by Gasteiger charge is -2.10. The molecule has 0 spiro atoms. The van der Waals surface area contributed by atoms with Crippen LogP contribution in [0.25, 0.3) is 0 Å². The Morgan fingerprint density at radius 2 is 1.94 bits per heavy atom. The first-order chi connectivity index (χ1) is 8.58. The molecule has 1 rings (SSSR count). The lowest BCUT2D eigenvalue weighted by molar-refractivity contribution is -0.120. The maximum absolute atomic E-state index is 12.7. The fraction of sp³-hybridized carbons (Fsp3) is 0.462. The topological polar surface area (TPSA) is 44.4 Å². The second-order valence-electron chi connectivity index (χ2n) is 4.38. The van der Waals surface area contributed by atoms with Crippen LogP contribution in [-0.2, 0) is 11.3 Å². The first-order valence-electron chi connectivity index (χ1n) is 5.94. The molecule has 18 heavy (non-hydrogen) atoms. The Morgan fingerprint density at radius 3 is 2.56 bits per heavy atom. The quantitative estimate of drug-likeness (QED) is 0.747. The molecule has 0 aliphatic heterocycles. The molecule has 0 unspecified atom stereocenters. The third-order valence-corrected chi connectivity index (χ3v) is 2.41. The predicted molar refractivity (Wildman–Crippen MR) is 69.7 cm³/mol. The Labute approximate surface area is 107 Å². The maximum Gasteiger partial charge on any atom is 0.234 e. The molecule has 0 saturated heterocycles. The number of nitrogens with zero attached hydrogens (tertiary/aromatic N) is 1. The second kappa shape index (κ2) is 7.79. The highest BCUT2D eigenvalue weighted by molar-refractivity contribution is 5.77. The van der Waals surface area contributed by atoms with E-state index in [1.165, 1.54) is 12.1 Å². The van der Waals surface area contributed by atoms with Gasteiger partial charge in [0.15, 0.2) is 0 Å². The maximum atomic E-state index is 12.7. The number of carbonyl (C=O) groups is 1. The van der Waals surface area contributed by atoms with Crippen LogP contribution in [0.3, 0.4) is 0 Å². The van der Waals surface area contributed by atoms with Crippen molar-refractivity contribution in [3.8, 4) is 0 Å². The molecular weight excluding hydrogens is 233 g/mol. The van der Waals surface area contributed by atoms with Crippen LogP contribution in [-0.4, -0.2) is 44.5 Å². The van der Waals surface area contributed by atoms with Crippen molar-refractivity contribution < 1.29 is 9.18 Å². The van der Waals surface area contributed by atoms with E-state index in [0.717, 1.165) is 12.1 Å². The summed E-state index contributed by atoms with van der Waals surface area (Å²) < 4.78 is 12.7. The van der Waals surface area contributed by atoms with Gasteiger partial charge in [0.05, 0.1) is 6.54 Å². The standard InChI is InChI=1S/C13H20FN3O/c1-17(2)8-7-16-13(18)10-15-9-11-3-5-12(14)6-4-11/h3-6,15H,7-10H2,1-2H3,(H,16,18). The Bertz CT molecular complexity index is 365. The molecule has 0 atom stereocenters. The van der Waals surface area contributed by atoms with Gasteiger partial charge < -0.3 is 15.5 Å². The molecular formula is C13H20FN3O. The minimum atomic E-state index is -0.250. The molecule has 2 N–H and O–H groups in total. The SMILES string of the molecule is CN(C)CCNC(=O)CNCc1ccc(F)cc1. The number of halogens is 1. The normalized spacial score (nSPS) is 10.7. The van der Waals surface area contributed by atoms with Crippen LogP contribution in [0.1, 0.15) is 5.56 Å². The molecule has 0 fully saturated rings. The van der Waals surface area contributed by atoms with Gasteiger partial charge in [0, 0.05) is 19.6 Å². The second-order valence-corrected chi connectivity index (χ2v) is 4.38. The summed E-state index contributed by atoms with van der Waals surface area (Å²) in [7, 11) is 3.91. The summed E-state index contributed by atoms with van der Waals surface area (Å²) in [5, 5.41) is 5.82. The van der Waals surface area contributed by atoms with Crippen LogP contribution < -0.4 is 10.6 Å². The van der Waals surface area contributed by atoms with Gasteiger partial charge in [-0.25, -0.2) is 4.39 Å². The Balaban J connectivity index is 2.13. The molecule has 0 saturated carbocycles. The van der Waals surface area contributed by atoms with E-state index < -0.39 is 0 Å². The van der Waals surface area contributed by atoms with Gasteiger partial charge in [0.25, 0.3) is 0 Å². The number of hydrogen-bond acceptors (Lipinski definition) is 3. The number of likely N-dealkylation sites (N-methyl/N-ethyl adjacent to an activating group) is 1. The van der Waals surface area contributed by atoms with Crippen molar-refractivity contribution in [3.05, 3.63) is 35.6 Å². The van der Waals surface area contributed by atoms with Crippen molar-refractivity contribution in [2.45, 2.75) is 6.54 Å². The molecule has 0 bridgehead atoms. The van der Waals surface area contributed by atoms with E-state index in [-0.39, 0.29) is 18.3 Å². The fourth-order valence-electron chi connectivity index (χ4n) is 1.40. The van der Waals surface area contributed by atoms with E-state index in [9.17, 15) is 9.18 Å². The average molecular weight is 253 g/mol. The van der Waals surface area contributed by atoms with Gasteiger partial charge in [-0.1, -0.05) is 12.1 Å². The largest absolute Gasteiger partial charge is 0.354 e. The van der Waals surface area contributed by atoms with Gasteiger partial charge in [0.2, 0.25) is 5.91 Å². The third kappa shape index (κ3) is 6.32. The van der Waals surface area contributed by atoms with Crippen molar-refractivity contribution in [1.82, 2.24) is 15.5 Å². The van der Waals surface area contributed by atoms with Crippen LogP contribution in [0.4, 0.5) is 4.39 Å². The van der Waals surface area contributed by atoms with E-state index in [4.69, 9.17) is 0 Å². The first kappa shape index (κ1) is 14.6. The molecule has 0 aliphatic carbocycles. The van der Waals surface area contributed by atoms with Gasteiger partial charge in [-0.15, -0.1) is 0 Å². The molecule has 0 radical (unpaired) electrons. The fourth-order valence-corrected chi connectivity index (χ4v) is 1.40. The summed E-state index contributed by atoms with van der Waals surface area (Å²) in [4.78, 5) is 13.4. The summed E-state index contributed by atoms with van der Waals surface area (Å²) in [6, 6.07) is 6.22. The van der Waals surface area contributed by atoms with Crippen LogP contribution >= 0.6 is 0 Å². The zero-order valence-electron chi connectivity index (χ0n) is 10.9. The van der Waals surface area contributed by atoms with Crippen LogP contribution in [0, 0.1) is 5.82 Å². The number of nitrogens with one attached hydrogen (secondary N) is 2. The van der Waals surface area contributed by atoms with E-state index in [2.05, 4.69) is 10.6 Å². The van der Waals surface area contributed by atoms with Gasteiger partial charge in [-0.05, 0) is 31.8 Å². The van der Waals surface area contributed by atoms with Crippen molar-refractivity contribution in [2.75, 3.05) is 33.7 Å². The molecule has 1 amide bonds. The summed E-state index contributed by atoms with van der Waals surface area (Å²) in [6.07, 6.45) is 0. The van der Waals surface area contributed by atoms with Crippen molar-refractivity contribution in [3.63, 3.8) is 0 Å².